The molecule has 0 bridgehead atoms. The first kappa shape index (κ1) is 22.7. The number of carboxylic acids is 1. The molecule has 4 N–H and O–H groups in total. The molecule has 172 valence electrons. The van der Waals surface area contributed by atoms with Crippen molar-refractivity contribution < 1.29 is 28.9 Å². The van der Waals surface area contributed by atoms with Gasteiger partial charge in [0.15, 0.2) is 0 Å². The van der Waals surface area contributed by atoms with Gasteiger partial charge in [0.05, 0.1) is 11.7 Å². The predicted molar refractivity (Wildman–Crippen MR) is 121 cm³/mol. The lowest BCUT2D eigenvalue weighted by Gasteiger charge is -2.23. The Bertz CT molecular complexity index is 1180. The summed E-state index contributed by atoms with van der Waals surface area (Å²) in [5.74, 6) is -1.51. The van der Waals surface area contributed by atoms with Gasteiger partial charge >= 0.3 is 5.97 Å². The number of anilines is 1. The van der Waals surface area contributed by atoms with E-state index < -0.39 is 29.5 Å². The van der Waals surface area contributed by atoms with Gasteiger partial charge in [0.25, 0.3) is 5.91 Å². The molecular formula is C25H25FN2O5. The van der Waals surface area contributed by atoms with E-state index in [4.69, 9.17) is 4.74 Å². The van der Waals surface area contributed by atoms with E-state index in [-0.39, 0.29) is 12.5 Å². The number of carbonyl (C=O) groups is 2. The Hall–Kier alpha value is -3.49. The molecule has 0 fully saturated rings. The van der Waals surface area contributed by atoms with Crippen molar-refractivity contribution in [3.8, 4) is 0 Å². The summed E-state index contributed by atoms with van der Waals surface area (Å²) in [6, 6.07) is 10.6. The van der Waals surface area contributed by atoms with Crippen LogP contribution in [0.2, 0.25) is 0 Å². The summed E-state index contributed by atoms with van der Waals surface area (Å²) in [7, 11) is 0. The van der Waals surface area contributed by atoms with Crippen LogP contribution in [0, 0.1) is 5.82 Å². The third-order valence-electron chi connectivity index (χ3n) is 5.80. The SMILES string of the molecule is C[C@@H](O)[C@H](NCc1ccc(C2=CC(=C3C(=O)Nc4ccc(F)cc43)OC2(C)C)cc1)C(=O)O. The van der Waals surface area contributed by atoms with Crippen molar-refractivity contribution >= 4 is 28.7 Å². The maximum absolute atomic E-state index is 13.8. The fourth-order valence-corrected chi connectivity index (χ4v) is 4.10. The van der Waals surface area contributed by atoms with Crippen molar-refractivity contribution in [2.75, 3.05) is 5.32 Å². The molecule has 0 aromatic heterocycles. The van der Waals surface area contributed by atoms with E-state index in [1.165, 1.54) is 25.1 Å². The number of carboxylic acid groups (broad SMARTS) is 1. The molecule has 2 aromatic carbocycles. The van der Waals surface area contributed by atoms with Crippen molar-refractivity contribution in [3.05, 3.63) is 76.8 Å². The fraction of sp³-hybridized carbons (Fsp3) is 0.280. The molecule has 0 radical (unpaired) electrons. The zero-order valence-electron chi connectivity index (χ0n) is 18.5. The van der Waals surface area contributed by atoms with Crippen molar-refractivity contribution in [3.63, 3.8) is 0 Å². The first-order chi connectivity index (χ1) is 15.6. The van der Waals surface area contributed by atoms with Crippen LogP contribution in [0.1, 0.15) is 37.5 Å². The lowest BCUT2D eigenvalue weighted by atomic mass is 9.91. The Balaban J connectivity index is 1.61. The Kier molecular flexibility index (Phi) is 5.82. The molecule has 0 saturated carbocycles. The van der Waals surface area contributed by atoms with Crippen LogP contribution in [0.5, 0.6) is 0 Å². The largest absolute Gasteiger partial charge is 0.482 e. The second-order valence-electron chi connectivity index (χ2n) is 8.69. The third-order valence-corrected chi connectivity index (χ3v) is 5.80. The van der Waals surface area contributed by atoms with Crippen LogP contribution in [-0.4, -0.2) is 39.8 Å². The molecule has 0 unspecified atom stereocenters. The highest BCUT2D eigenvalue weighted by Gasteiger charge is 2.38. The minimum Gasteiger partial charge on any atom is -0.482 e. The summed E-state index contributed by atoms with van der Waals surface area (Å²) in [6.45, 7) is 5.48. The van der Waals surface area contributed by atoms with Gasteiger partial charge in [-0.3, -0.25) is 14.9 Å². The maximum atomic E-state index is 13.8. The van der Waals surface area contributed by atoms with Gasteiger partial charge in [-0.05, 0) is 56.2 Å². The van der Waals surface area contributed by atoms with Crippen LogP contribution in [0.3, 0.4) is 0 Å². The minimum absolute atomic E-state index is 0.277. The number of allylic oxidation sites excluding steroid dienone is 1. The van der Waals surface area contributed by atoms with E-state index in [0.29, 0.717) is 22.6 Å². The molecule has 0 spiro atoms. The Labute approximate surface area is 190 Å². The summed E-state index contributed by atoms with van der Waals surface area (Å²) in [6.07, 6.45) is 0.775. The average Bonchev–Trinajstić information content (AvgIpc) is 3.22. The molecular weight excluding hydrogens is 427 g/mol. The number of aliphatic hydroxyl groups is 1. The highest BCUT2D eigenvalue weighted by atomic mass is 19.1. The zero-order valence-corrected chi connectivity index (χ0v) is 18.5. The van der Waals surface area contributed by atoms with Crippen LogP contribution in [0.4, 0.5) is 10.1 Å². The van der Waals surface area contributed by atoms with E-state index in [2.05, 4.69) is 10.6 Å². The number of rotatable bonds is 6. The Morgan fingerprint density at radius 1 is 1.21 bits per heavy atom. The number of hydrogen-bond acceptors (Lipinski definition) is 5. The number of aliphatic hydroxyl groups excluding tert-OH is 1. The number of benzene rings is 2. The van der Waals surface area contributed by atoms with Crippen molar-refractivity contribution in [1.82, 2.24) is 5.32 Å². The van der Waals surface area contributed by atoms with Gasteiger partial charge < -0.3 is 20.3 Å². The average molecular weight is 452 g/mol. The predicted octanol–water partition coefficient (Wildman–Crippen LogP) is 3.30. The lowest BCUT2D eigenvalue weighted by molar-refractivity contribution is -0.142. The fourth-order valence-electron chi connectivity index (χ4n) is 4.10. The standard InChI is InChI=1S/C25H25FN2O5/c1-13(29)22(24(31)32)27-12-14-4-6-15(7-5-14)18-11-20(33-25(18,2)3)21-17-10-16(26)8-9-19(17)28-23(21)30/h4-11,13,22,27,29H,12H2,1-3H3,(H,28,30)(H,31,32)/t13-,22+/m1/s1. The van der Waals surface area contributed by atoms with Gasteiger partial charge in [0, 0.05) is 23.4 Å². The van der Waals surface area contributed by atoms with E-state index in [1.54, 1.807) is 6.08 Å². The molecule has 2 aliphatic rings. The highest BCUT2D eigenvalue weighted by Crippen LogP contribution is 2.44. The van der Waals surface area contributed by atoms with E-state index in [9.17, 15) is 24.2 Å². The number of amides is 1. The normalized spacial score (nSPS) is 20.5. The number of ether oxygens (including phenoxy) is 1. The molecule has 0 saturated heterocycles. The van der Waals surface area contributed by atoms with Crippen molar-refractivity contribution in [2.24, 2.45) is 0 Å². The zero-order chi connectivity index (χ0) is 23.9. The molecule has 33 heavy (non-hydrogen) atoms. The molecule has 7 nitrogen and oxygen atoms in total. The molecule has 1 amide bonds. The van der Waals surface area contributed by atoms with Crippen LogP contribution in [0.25, 0.3) is 11.1 Å². The van der Waals surface area contributed by atoms with Crippen LogP contribution < -0.4 is 10.6 Å². The summed E-state index contributed by atoms with van der Waals surface area (Å²) in [5.41, 5.74) is 3.17. The molecule has 2 heterocycles. The molecule has 2 aromatic rings. The highest BCUT2D eigenvalue weighted by molar-refractivity contribution is 6.32. The topological polar surface area (TPSA) is 108 Å². The number of fused-ring (bicyclic) bond motifs is 1. The molecule has 2 aliphatic heterocycles. The minimum atomic E-state index is -1.12. The van der Waals surface area contributed by atoms with E-state index in [1.807, 2.05) is 38.1 Å². The van der Waals surface area contributed by atoms with Gasteiger partial charge in [0.1, 0.15) is 23.2 Å². The Morgan fingerprint density at radius 3 is 2.55 bits per heavy atom. The van der Waals surface area contributed by atoms with Crippen LogP contribution >= 0.6 is 0 Å². The molecule has 0 aliphatic carbocycles. The third kappa shape index (κ3) is 4.40. The van der Waals surface area contributed by atoms with Gasteiger partial charge in [-0.25, -0.2) is 4.39 Å². The van der Waals surface area contributed by atoms with Gasteiger partial charge in [0.2, 0.25) is 0 Å². The first-order valence-electron chi connectivity index (χ1n) is 10.6. The summed E-state index contributed by atoms with van der Waals surface area (Å²) >= 11 is 0. The quantitative estimate of drug-likeness (QED) is 0.501. The second kappa shape index (κ2) is 8.46. The first-order valence-corrected chi connectivity index (χ1v) is 10.6. The van der Waals surface area contributed by atoms with Gasteiger partial charge in [-0.1, -0.05) is 24.3 Å². The van der Waals surface area contributed by atoms with Crippen molar-refractivity contribution in [2.45, 2.75) is 45.1 Å². The van der Waals surface area contributed by atoms with Gasteiger partial charge in [-0.15, -0.1) is 0 Å². The lowest BCUT2D eigenvalue weighted by Crippen LogP contribution is -2.44. The number of nitrogens with one attached hydrogen (secondary N) is 2. The molecule has 4 rings (SSSR count). The second-order valence-corrected chi connectivity index (χ2v) is 8.69. The summed E-state index contributed by atoms with van der Waals surface area (Å²) in [5, 5.41) is 24.3. The van der Waals surface area contributed by atoms with Crippen LogP contribution in [0.15, 0.2) is 54.3 Å². The van der Waals surface area contributed by atoms with Crippen LogP contribution in [-0.2, 0) is 20.9 Å². The monoisotopic (exact) mass is 452 g/mol. The summed E-state index contributed by atoms with van der Waals surface area (Å²) in [4.78, 5) is 23.8. The number of hydrogen-bond donors (Lipinski definition) is 4. The molecule has 8 heteroatoms. The van der Waals surface area contributed by atoms with E-state index >= 15 is 0 Å². The number of halogens is 1. The van der Waals surface area contributed by atoms with E-state index in [0.717, 1.165) is 16.7 Å². The maximum Gasteiger partial charge on any atom is 0.323 e. The van der Waals surface area contributed by atoms with Crippen molar-refractivity contribution in [1.29, 1.82) is 0 Å². The van der Waals surface area contributed by atoms with Gasteiger partial charge in [-0.2, -0.15) is 0 Å². The smallest absolute Gasteiger partial charge is 0.323 e. The molecule has 2 atom stereocenters. The Morgan fingerprint density at radius 2 is 1.91 bits per heavy atom. The number of carbonyl (C=O) groups excluding carboxylic acids is 1. The summed E-state index contributed by atoms with van der Waals surface area (Å²) < 4.78 is 19.9. The number of aliphatic carboxylic acids is 1.